The molecule has 0 aliphatic heterocycles. The number of amides is 2. The summed E-state index contributed by atoms with van der Waals surface area (Å²) >= 11 is 0. The molecule has 1 heterocycles. The summed E-state index contributed by atoms with van der Waals surface area (Å²) in [7, 11) is 1.22. The predicted octanol–water partition coefficient (Wildman–Crippen LogP) is 5.12. The number of hydrogen-bond donors (Lipinski definition) is 1. The Bertz CT molecular complexity index is 1280. The Hall–Kier alpha value is -4.01. The molecule has 0 bridgehead atoms. The Labute approximate surface area is 203 Å². The summed E-state index contributed by atoms with van der Waals surface area (Å²) in [5.41, 5.74) is 5.86. The number of methoxy groups -OCH3 is 1. The van der Waals surface area contributed by atoms with Gasteiger partial charge in [0.25, 0.3) is 5.91 Å². The van der Waals surface area contributed by atoms with E-state index in [1.807, 2.05) is 32.0 Å². The van der Waals surface area contributed by atoms with Gasteiger partial charge < -0.3 is 9.47 Å². The molecule has 2 aromatic carbocycles. The fraction of sp³-hybridized carbons (Fsp3) is 0.308. The Morgan fingerprint density at radius 3 is 2.60 bits per heavy atom. The standard InChI is InChI=1S/C26H27FN4O4/c1-15-8-9-19(16(2)12-15)14-31(26(33)34-4)30-25(32)24-22(13-28-17(3)29-24)35-21-7-5-6-20(23(21)27)18-10-11-18/h5-9,12-13,18H,10-11,14H2,1-4H3,(H,30,32). The third-order valence-corrected chi connectivity index (χ3v) is 5.78. The third kappa shape index (κ3) is 5.56. The van der Waals surface area contributed by atoms with Crippen molar-refractivity contribution in [2.24, 2.45) is 0 Å². The van der Waals surface area contributed by atoms with Gasteiger partial charge in [-0.3, -0.25) is 10.2 Å². The first-order valence-corrected chi connectivity index (χ1v) is 11.3. The zero-order chi connectivity index (χ0) is 25.1. The summed E-state index contributed by atoms with van der Waals surface area (Å²) in [6.45, 7) is 5.58. The Morgan fingerprint density at radius 1 is 1.14 bits per heavy atom. The minimum absolute atomic E-state index is 0.0176. The number of rotatable bonds is 6. The van der Waals surface area contributed by atoms with Gasteiger partial charge in [0.15, 0.2) is 23.0 Å². The van der Waals surface area contributed by atoms with E-state index >= 15 is 0 Å². The second-order valence-electron chi connectivity index (χ2n) is 8.59. The number of carbonyl (C=O) groups is 2. The lowest BCUT2D eigenvalue weighted by molar-refractivity contribution is 0.0683. The molecule has 1 aliphatic rings. The van der Waals surface area contributed by atoms with Crippen LogP contribution in [0.3, 0.4) is 0 Å². The molecule has 0 atom stereocenters. The molecule has 2 amide bonds. The number of aryl methyl sites for hydroxylation is 3. The normalized spacial score (nSPS) is 12.7. The van der Waals surface area contributed by atoms with Crippen LogP contribution in [0.2, 0.25) is 0 Å². The molecule has 182 valence electrons. The van der Waals surface area contributed by atoms with E-state index in [4.69, 9.17) is 9.47 Å². The number of nitrogens with one attached hydrogen (secondary N) is 1. The molecule has 0 saturated heterocycles. The van der Waals surface area contributed by atoms with E-state index in [2.05, 4.69) is 15.4 Å². The van der Waals surface area contributed by atoms with Gasteiger partial charge in [-0.15, -0.1) is 0 Å². The average Bonchev–Trinajstić information content (AvgIpc) is 3.67. The monoisotopic (exact) mass is 478 g/mol. The number of halogens is 1. The maximum atomic E-state index is 15.0. The molecule has 1 aromatic heterocycles. The van der Waals surface area contributed by atoms with Gasteiger partial charge in [0.05, 0.1) is 19.9 Å². The van der Waals surface area contributed by atoms with Crippen molar-refractivity contribution >= 4 is 12.0 Å². The lowest BCUT2D eigenvalue weighted by Crippen LogP contribution is -2.46. The van der Waals surface area contributed by atoms with Crippen molar-refractivity contribution in [1.82, 2.24) is 20.4 Å². The predicted molar refractivity (Wildman–Crippen MR) is 127 cm³/mol. The van der Waals surface area contributed by atoms with E-state index in [0.717, 1.165) is 34.5 Å². The van der Waals surface area contributed by atoms with Gasteiger partial charge in [-0.2, -0.15) is 0 Å². The van der Waals surface area contributed by atoms with Crippen LogP contribution in [-0.4, -0.2) is 34.1 Å². The van der Waals surface area contributed by atoms with Crippen LogP contribution >= 0.6 is 0 Å². The van der Waals surface area contributed by atoms with Crippen molar-refractivity contribution in [2.75, 3.05) is 7.11 Å². The molecular formula is C26H27FN4O4. The second kappa shape index (κ2) is 10.1. The Morgan fingerprint density at radius 2 is 1.91 bits per heavy atom. The van der Waals surface area contributed by atoms with Gasteiger partial charge in [-0.25, -0.2) is 24.2 Å². The Balaban J connectivity index is 1.60. The summed E-state index contributed by atoms with van der Waals surface area (Å²) in [4.78, 5) is 33.9. The fourth-order valence-corrected chi connectivity index (χ4v) is 3.76. The molecule has 1 aliphatic carbocycles. The minimum Gasteiger partial charge on any atom is -0.452 e. The first-order valence-electron chi connectivity index (χ1n) is 11.3. The van der Waals surface area contributed by atoms with Gasteiger partial charge in [-0.1, -0.05) is 35.9 Å². The Kier molecular flexibility index (Phi) is 6.95. The molecule has 1 N–H and O–H groups in total. The van der Waals surface area contributed by atoms with Gasteiger partial charge in [-0.05, 0) is 62.3 Å². The molecule has 4 rings (SSSR count). The number of aromatic nitrogens is 2. The van der Waals surface area contributed by atoms with Gasteiger partial charge in [0, 0.05) is 0 Å². The first kappa shape index (κ1) is 24.1. The summed E-state index contributed by atoms with van der Waals surface area (Å²) in [6.07, 6.45) is 2.43. The molecule has 0 radical (unpaired) electrons. The molecule has 1 fully saturated rings. The molecule has 8 nitrogen and oxygen atoms in total. The van der Waals surface area contributed by atoms with E-state index in [1.165, 1.54) is 19.4 Å². The zero-order valence-electron chi connectivity index (χ0n) is 20.1. The highest BCUT2D eigenvalue weighted by atomic mass is 19.1. The molecule has 0 unspecified atom stereocenters. The van der Waals surface area contributed by atoms with Crippen LogP contribution < -0.4 is 10.2 Å². The maximum absolute atomic E-state index is 15.0. The van der Waals surface area contributed by atoms with E-state index < -0.39 is 17.8 Å². The van der Waals surface area contributed by atoms with Crippen LogP contribution in [0.4, 0.5) is 9.18 Å². The van der Waals surface area contributed by atoms with E-state index in [9.17, 15) is 14.0 Å². The van der Waals surface area contributed by atoms with Crippen LogP contribution in [0.5, 0.6) is 11.5 Å². The highest BCUT2D eigenvalue weighted by Gasteiger charge is 2.29. The van der Waals surface area contributed by atoms with Gasteiger partial charge >= 0.3 is 6.09 Å². The van der Waals surface area contributed by atoms with Crippen molar-refractivity contribution in [2.45, 2.75) is 46.1 Å². The van der Waals surface area contributed by atoms with Crippen molar-refractivity contribution < 1.29 is 23.5 Å². The lowest BCUT2D eigenvalue weighted by atomic mass is 10.1. The average molecular weight is 479 g/mol. The van der Waals surface area contributed by atoms with Crippen molar-refractivity contribution in [3.05, 3.63) is 82.2 Å². The number of carbonyl (C=O) groups excluding carboxylic acids is 2. The number of hydrogen-bond acceptors (Lipinski definition) is 6. The first-order chi connectivity index (χ1) is 16.8. The van der Waals surface area contributed by atoms with Crippen LogP contribution in [0.15, 0.2) is 42.6 Å². The third-order valence-electron chi connectivity index (χ3n) is 5.78. The molecule has 35 heavy (non-hydrogen) atoms. The smallest absolute Gasteiger partial charge is 0.428 e. The van der Waals surface area contributed by atoms with E-state index in [0.29, 0.717) is 11.4 Å². The highest BCUT2D eigenvalue weighted by molar-refractivity contribution is 5.95. The summed E-state index contributed by atoms with van der Waals surface area (Å²) in [5.74, 6) is -0.734. The maximum Gasteiger partial charge on any atom is 0.428 e. The van der Waals surface area contributed by atoms with Crippen LogP contribution in [-0.2, 0) is 11.3 Å². The molecule has 9 heteroatoms. The molecule has 3 aromatic rings. The topological polar surface area (TPSA) is 93.7 Å². The van der Waals surface area contributed by atoms with Crippen molar-refractivity contribution in [3.63, 3.8) is 0 Å². The van der Waals surface area contributed by atoms with Crippen LogP contribution in [0, 0.1) is 26.6 Å². The molecule has 1 saturated carbocycles. The number of benzene rings is 2. The molecule has 0 spiro atoms. The number of ether oxygens (including phenoxy) is 2. The molecular weight excluding hydrogens is 451 g/mol. The van der Waals surface area contributed by atoms with Gasteiger partial charge in [0.2, 0.25) is 0 Å². The lowest BCUT2D eigenvalue weighted by Gasteiger charge is -2.23. The number of nitrogens with zero attached hydrogens (tertiary/aromatic N) is 3. The minimum atomic E-state index is -0.755. The van der Waals surface area contributed by atoms with E-state index in [1.54, 1.807) is 19.1 Å². The quantitative estimate of drug-likeness (QED) is 0.494. The summed E-state index contributed by atoms with van der Waals surface area (Å²) in [6, 6.07) is 10.7. The zero-order valence-corrected chi connectivity index (χ0v) is 20.1. The SMILES string of the molecule is COC(=O)N(Cc1ccc(C)cc1C)NC(=O)c1nc(C)ncc1Oc1cccc(C2CC2)c1F. The highest BCUT2D eigenvalue weighted by Crippen LogP contribution is 2.43. The van der Waals surface area contributed by atoms with Crippen molar-refractivity contribution in [1.29, 1.82) is 0 Å². The summed E-state index contributed by atoms with van der Waals surface area (Å²) in [5, 5.41) is 1.05. The van der Waals surface area contributed by atoms with Crippen molar-refractivity contribution in [3.8, 4) is 11.5 Å². The van der Waals surface area contributed by atoms with Gasteiger partial charge in [0.1, 0.15) is 5.82 Å². The number of hydrazine groups is 1. The largest absolute Gasteiger partial charge is 0.452 e. The van der Waals surface area contributed by atoms with E-state index in [-0.39, 0.29) is 29.7 Å². The fourth-order valence-electron chi connectivity index (χ4n) is 3.76. The van der Waals surface area contributed by atoms with Crippen LogP contribution in [0.25, 0.3) is 0 Å². The second-order valence-corrected chi connectivity index (χ2v) is 8.59. The van der Waals surface area contributed by atoms with Crippen LogP contribution in [0.1, 0.15) is 57.3 Å². The summed E-state index contributed by atoms with van der Waals surface area (Å²) < 4.78 is 25.6.